The van der Waals surface area contributed by atoms with Crippen molar-refractivity contribution in [3.63, 3.8) is 0 Å². The minimum Gasteiger partial charge on any atom is -0.496 e. The van der Waals surface area contributed by atoms with Crippen LogP contribution in [0.3, 0.4) is 0 Å². The minimum absolute atomic E-state index is 0.00980. The number of Topliss-reactive ketones (excluding diaryl/α,β-unsaturated/α-hetero) is 2. The van der Waals surface area contributed by atoms with E-state index >= 15 is 0 Å². The molecule has 1 aromatic carbocycles. The molecule has 0 saturated carbocycles. The van der Waals surface area contributed by atoms with Crippen LogP contribution in [0.5, 0.6) is 17.2 Å². The molecule has 13 nitrogen and oxygen atoms in total. The zero-order valence-corrected chi connectivity index (χ0v) is 31.1. The molecule has 13 heteroatoms. The van der Waals surface area contributed by atoms with E-state index in [-0.39, 0.29) is 76.1 Å². The third-order valence-electron chi connectivity index (χ3n) is 7.44. The summed E-state index contributed by atoms with van der Waals surface area (Å²) in [7, 11) is 1.28. The van der Waals surface area contributed by atoms with E-state index in [4.69, 9.17) is 28.4 Å². The van der Waals surface area contributed by atoms with E-state index in [9.17, 15) is 33.6 Å². The van der Waals surface area contributed by atoms with Crippen molar-refractivity contribution in [2.45, 2.75) is 101 Å². The molecule has 276 valence electrons. The van der Waals surface area contributed by atoms with E-state index in [0.29, 0.717) is 6.42 Å². The summed E-state index contributed by atoms with van der Waals surface area (Å²) in [4.78, 5) is 90.9. The monoisotopic (exact) mass is 710 g/mol. The molecular weight excluding hydrogens is 664 g/mol. The maximum Gasteiger partial charge on any atom is 0.308 e. The number of hydrogen-bond donors (Lipinski definition) is 0. The summed E-state index contributed by atoms with van der Waals surface area (Å²) >= 11 is 0. The fourth-order valence-electron chi connectivity index (χ4n) is 5.49. The van der Waals surface area contributed by atoms with E-state index in [2.05, 4.69) is 0 Å². The quantitative estimate of drug-likeness (QED) is 0.0482. The Morgan fingerprint density at radius 2 is 1.31 bits per heavy atom. The molecule has 0 fully saturated rings. The molecule has 0 aromatic heterocycles. The number of benzene rings is 1. The lowest BCUT2D eigenvalue weighted by Crippen LogP contribution is -2.37. The number of ketones is 2. The van der Waals surface area contributed by atoms with Gasteiger partial charge in [0.2, 0.25) is 0 Å². The molecule has 0 N–H and O–H groups in total. The van der Waals surface area contributed by atoms with Gasteiger partial charge >= 0.3 is 29.8 Å². The van der Waals surface area contributed by atoms with Gasteiger partial charge in [0.05, 0.1) is 12.5 Å². The molecule has 2 rings (SSSR count). The summed E-state index contributed by atoms with van der Waals surface area (Å²) in [5.41, 5.74) is -1.47. The number of carbonyl (C=O) groups is 7. The largest absolute Gasteiger partial charge is 0.496 e. The number of rotatable bonds is 15. The second-order valence-corrected chi connectivity index (χ2v) is 12.2. The standard InChI is InChI=1S/C38H46O13/c1-12-14-28(44)32-31(48-22(6)40)19-30(46-11)26(35(32)49-23(7)41)18-27-34(45)33(29(15-13-2)47-21(5)39)37(51-25(9)43)38(10,17-16-20(3)4)36(27)50-24(8)42/h15-16,19H,12-14,17-18H2,1-11H3/b29-15-. The minimum atomic E-state index is -1.56. The van der Waals surface area contributed by atoms with Gasteiger partial charge in [-0.05, 0) is 46.1 Å². The summed E-state index contributed by atoms with van der Waals surface area (Å²) in [5.74, 6) is -6.67. The lowest BCUT2D eigenvalue weighted by atomic mass is 9.71. The Morgan fingerprint density at radius 3 is 1.78 bits per heavy atom. The van der Waals surface area contributed by atoms with Crippen molar-refractivity contribution >= 4 is 41.4 Å². The first-order valence-corrected chi connectivity index (χ1v) is 16.4. The molecule has 1 aromatic rings. The van der Waals surface area contributed by atoms with Gasteiger partial charge in [0.25, 0.3) is 0 Å². The van der Waals surface area contributed by atoms with Crippen molar-refractivity contribution in [2.24, 2.45) is 5.41 Å². The summed E-state index contributed by atoms with van der Waals surface area (Å²) < 4.78 is 33.7. The van der Waals surface area contributed by atoms with Crippen LogP contribution in [0.25, 0.3) is 0 Å². The fourth-order valence-corrected chi connectivity index (χ4v) is 5.49. The SMILES string of the molecule is CC/C=C(\OC(C)=O)C1=C(OC(C)=O)C(C)(CC=C(C)C)C(OC(C)=O)=C(Cc2c(OC)cc(OC(C)=O)c(C(=O)CCC)c2OC(C)=O)C1=O. The van der Waals surface area contributed by atoms with Crippen molar-refractivity contribution in [3.05, 3.63) is 63.3 Å². The van der Waals surface area contributed by atoms with Gasteiger partial charge in [0.1, 0.15) is 39.9 Å². The Kier molecular flexibility index (Phi) is 14.8. The maximum atomic E-state index is 14.9. The molecule has 0 bridgehead atoms. The Bertz CT molecular complexity index is 1750. The van der Waals surface area contributed by atoms with Crippen LogP contribution in [0.15, 0.2) is 52.2 Å². The van der Waals surface area contributed by atoms with E-state index in [1.807, 2.05) is 13.8 Å². The number of ether oxygens (including phenoxy) is 6. The lowest BCUT2D eigenvalue weighted by Gasteiger charge is -2.38. The maximum absolute atomic E-state index is 14.9. The van der Waals surface area contributed by atoms with Gasteiger partial charge in [-0.15, -0.1) is 0 Å². The molecule has 0 heterocycles. The van der Waals surface area contributed by atoms with Gasteiger partial charge in [0.15, 0.2) is 17.3 Å². The van der Waals surface area contributed by atoms with Gasteiger partial charge in [0, 0.05) is 64.7 Å². The Labute approximate surface area is 297 Å². The topological polar surface area (TPSA) is 175 Å². The van der Waals surface area contributed by atoms with E-state index < -0.39 is 53.2 Å². The zero-order valence-electron chi connectivity index (χ0n) is 31.1. The number of carbonyl (C=O) groups excluding carboxylic acids is 7. The molecule has 1 aliphatic rings. The molecular formula is C38H46O13. The van der Waals surface area contributed by atoms with Crippen molar-refractivity contribution in [3.8, 4) is 17.2 Å². The second-order valence-electron chi connectivity index (χ2n) is 12.2. The van der Waals surface area contributed by atoms with Crippen LogP contribution in [0.2, 0.25) is 0 Å². The van der Waals surface area contributed by atoms with Gasteiger partial charge in [-0.3, -0.25) is 33.6 Å². The molecule has 1 aliphatic carbocycles. The Morgan fingerprint density at radius 1 is 0.745 bits per heavy atom. The average molecular weight is 711 g/mol. The first-order chi connectivity index (χ1) is 23.8. The van der Waals surface area contributed by atoms with Crippen LogP contribution in [0, 0.1) is 5.41 Å². The van der Waals surface area contributed by atoms with Gasteiger partial charge < -0.3 is 28.4 Å². The third-order valence-corrected chi connectivity index (χ3v) is 7.44. The van der Waals surface area contributed by atoms with Crippen LogP contribution >= 0.6 is 0 Å². The number of methoxy groups -OCH3 is 1. The van der Waals surface area contributed by atoms with Gasteiger partial charge in [-0.25, -0.2) is 0 Å². The van der Waals surface area contributed by atoms with Crippen molar-refractivity contribution in [1.82, 2.24) is 0 Å². The first-order valence-electron chi connectivity index (χ1n) is 16.4. The van der Waals surface area contributed by atoms with Crippen LogP contribution < -0.4 is 14.2 Å². The molecule has 1 unspecified atom stereocenters. The predicted molar refractivity (Wildman–Crippen MR) is 183 cm³/mol. The highest BCUT2D eigenvalue weighted by Crippen LogP contribution is 2.51. The Balaban J connectivity index is 3.31. The number of hydrogen-bond acceptors (Lipinski definition) is 13. The summed E-state index contributed by atoms with van der Waals surface area (Å²) in [6.07, 6.45) is 3.43. The average Bonchev–Trinajstić information content (AvgIpc) is 3.00. The number of esters is 5. The molecule has 51 heavy (non-hydrogen) atoms. The Hall–Kier alpha value is -5.33. The van der Waals surface area contributed by atoms with Crippen LogP contribution in [0.1, 0.15) is 111 Å². The van der Waals surface area contributed by atoms with E-state index in [1.54, 1.807) is 26.8 Å². The molecule has 1 atom stereocenters. The van der Waals surface area contributed by atoms with Gasteiger partial charge in [-0.2, -0.15) is 0 Å². The van der Waals surface area contributed by atoms with Crippen molar-refractivity contribution < 1.29 is 62.0 Å². The summed E-state index contributed by atoms with van der Waals surface area (Å²) in [6, 6.07) is 1.26. The molecule has 0 saturated heterocycles. The smallest absolute Gasteiger partial charge is 0.308 e. The van der Waals surface area contributed by atoms with E-state index in [0.717, 1.165) is 40.2 Å². The highest BCUT2D eigenvalue weighted by Gasteiger charge is 2.50. The normalized spacial score (nSPS) is 15.9. The van der Waals surface area contributed by atoms with Crippen LogP contribution in [0.4, 0.5) is 0 Å². The summed E-state index contributed by atoms with van der Waals surface area (Å²) in [6.45, 7) is 14.4. The highest BCUT2D eigenvalue weighted by molar-refractivity contribution is 6.14. The summed E-state index contributed by atoms with van der Waals surface area (Å²) in [5, 5.41) is 0. The highest BCUT2D eigenvalue weighted by atomic mass is 16.6. The zero-order chi connectivity index (χ0) is 38.8. The van der Waals surface area contributed by atoms with Crippen LogP contribution in [-0.4, -0.2) is 48.5 Å². The molecule has 0 aliphatic heterocycles. The van der Waals surface area contributed by atoms with Crippen molar-refractivity contribution in [2.75, 3.05) is 7.11 Å². The van der Waals surface area contributed by atoms with E-state index in [1.165, 1.54) is 19.3 Å². The lowest BCUT2D eigenvalue weighted by molar-refractivity contribution is -0.141. The third kappa shape index (κ3) is 10.3. The van der Waals surface area contributed by atoms with Crippen molar-refractivity contribution in [1.29, 1.82) is 0 Å². The van der Waals surface area contributed by atoms with Gasteiger partial charge in [-0.1, -0.05) is 25.5 Å². The molecule has 0 radical (unpaired) electrons. The fraction of sp³-hybridized carbons (Fsp3) is 0.447. The number of allylic oxidation sites excluding steroid dienone is 5. The molecule has 0 spiro atoms. The second kappa shape index (κ2) is 18.1. The molecule has 0 amide bonds. The predicted octanol–water partition coefficient (Wildman–Crippen LogP) is 6.51. The first kappa shape index (κ1) is 41.8. The van der Waals surface area contributed by atoms with Crippen LogP contribution in [-0.2, 0) is 49.4 Å².